The van der Waals surface area contributed by atoms with E-state index in [4.69, 9.17) is 21.4 Å². The summed E-state index contributed by atoms with van der Waals surface area (Å²) in [7, 11) is 0. The van der Waals surface area contributed by atoms with Gasteiger partial charge in [-0.25, -0.2) is 0 Å². The predicted molar refractivity (Wildman–Crippen MR) is 86.8 cm³/mol. The maximum absolute atomic E-state index is 11.9. The highest BCUT2D eigenvalue weighted by molar-refractivity contribution is 6.30. The van der Waals surface area contributed by atoms with Crippen LogP contribution in [0.2, 0.25) is 5.02 Å². The molecule has 0 aromatic heterocycles. The third-order valence-corrected chi connectivity index (χ3v) is 3.98. The van der Waals surface area contributed by atoms with Crippen molar-refractivity contribution in [1.82, 2.24) is 10.2 Å². The number of halogens is 1. The Kier molecular flexibility index (Phi) is 6.67. The number of piperidine rings is 1. The molecule has 2 N–H and O–H groups in total. The molecule has 1 aliphatic heterocycles. The van der Waals surface area contributed by atoms with E-state index in [1.165, 1.54) is 0 Å². The Bertz CT molecular complexity index is 535. The molecule has 1 aromatic rings. The molecule has 0 radical (unpaired) electrons. The number of carbonyl (C=O) groups is 2. The van der Waals surface area contributed by atoms with Crippen LogP contribution in [0.5, 0.6) is 5.75 Å². The fraction of sp³-hybridized carbons (Fsp3) is 0.500. The van der Waals surface area contributed by atoms with Gasteiger partial charge in [0.25, 0.3) is 0 Å². The van der Waals surface area contributed by atoms with E-state index in [1.54, 1.807) is 24.3 Å². The molecule has 1 heterocycles. The number of nitrogens with one attached hydrogen (secondary N) is 1. The van der Waals surface area contributed by atoms with E-state index in [9.17, 15) is 9.59 Å². The Labute approximate surface area is 140 Å². The third-order valence-electron chi connectivity index (χ3n) is 3.73. The van der Waals surface area contributed by atoms with Crippen LogP contribution >= 0.6 is 11.6 Å². The number of hydrogen-bond acceptors (Lipinski definition) is 4. The highest BCUT2D eigenvalue weighted by atomic mass is 35.5. The molecular weight excluding hydrogens is 320 g/mol. The van der Waals surface area contributed by atoms with Crippen molar-refractivity contribution < 1.29 is 19.4 Å². The molecule has 1 aliphatic rings. The van der Waals surface area contributed by atoms with E-state index in [0.717, 1.165) is 13.0 Å². The maximum atomic E-state index is 11.9. The predicted octanol–water partition coefficient (Wildman–Crippen LogP) is 1.63. The van der Waals surface area contributed by atoms with Gasteiger partial charge in [0.1, 0.15) is 12.4 Å². The molecule has 1 atom stereocenters. The summed E-state index contributed by atoms with van der Waals surface area (Å²) in [6.45, 7) is 2.19. The van der Waals surface area contributed by atoms with Crippen molar-refractivity contribution in [3.05, 3.63) is 29.3 Å². The fourth-order valence-electron chi connectivity index (χ4n) is 2.55. The van der Waals surface area contributed by atoms with Gasteiger partial charge >= 0.3 is 5.97 Å². The van der Waals surface area contributed by atoms with Crippen molar-refractivity contribution in [3.63, 3.8) is 0 Å². The van der Waals surface area contributed by atoms with Gasteiger partial charge in [0.15, 0.2) is 0 Å². The van der Waals surface area contributed by atoms with Crippen molar-refractivity contribution in [2.24, 2.45) is 5.92 Å². The number of ether oxygens (including phenoxy) is 1. The second kappa shape index (κ2) is 8.74. The summed E-state index contributed by atoms with van der Waals surface area (Å²) in [6.07, 6.45) is 1.49. The number of carboxylic acid groups (broad SMARTS) is 1. The van der Waals surface area contributed by atoms with Gasteiger partial charge in [0, 0.05) is 11.6 Å². The summed E-state index contributed by atoms with van der Waals surface area (Å²) in [6, 6.07) is 7.02. The summed E-state index contributed by atoms with van der Waals surface area (Å²) in [5.74, 6) is -0.573. The highest BCUT2D eigenvalue weighted by Crippen LogP contribution is 2.16. The van der Waals surface area contributed by atoms with Crippen molar-refractivity contribution in [1.29, 1.82) is 0 Å². The second-order valence-corrected chi connectivity index (χ2v) is 6.00. The SMILES string of the molecule is O=C(CN1CCCC(C(=O)O)C1)NCCOc1ccc(Cl)cc1. The quantitative estimate of drug-likeness (QED) is 0.738. The van der Waals surface area contributed by atoms with E-state index >= 15 is 0 Å². The molecule has 126 valence electrons. The third kappa shape index (κ3) is 6.08. The smallest absolute Gasteiger partial charge is 0.307 e. The first-order valence-corrected chi connectivity index (χ1v) is 8.02. The first-order chi connectivity index (χ1) is 11.0. The number of benzene rings is 1. The zero-order valence-corrected chi connectivity index (χ0v) is 13.6. The Hall–Kier alpha value is -1.79. The topological polar surface area (TPSA) is 78.9 Å². The molecule has 0 saturated carbocycles. The molecule has 0 aliphatic carbocycles. The van der Waals surface area contributed by atoms with Gasteiger partial charge in [-0.3, -0.25) is 14.5 Å². The molecule has 7 heteroatoms. The van der Waals surface area contributed by atoms with Crippen LogP contribution in [0, 0.1) is 5.92 Å². The van der Waals surface area contributed by atoms with E-state index in [2.05, 4.69) is 5.32 Å². The van der Waals surface area contributed by atoms with Gasteiger partial charge in [0.05, 0.1) is 19.0 Å². The number of carbonyl (C=O) groups excluding carboxylic acids is 1. The molecule has 1 saturated heterocycles. The summed E-state index contributed by atoms with van der Waals surface area (Å²) < 4.78 is 5.49. The number of hydrogen-bond donors (Lipinski definition) is 2. The molecule has 1 unspecified atom stereocenters. The minimum absolute atomic E-state index is 0.115. The van der Waals surface area contributed by atoms with Gasteiger partial charge < -0.3 is 15.2 Å². The van der Waals surface area contributed by atoms with Gasteiger partial charge in [0.2, 0.25) is 5.91 Å². The van der Waals surface area contributed by atoms with Crippen molar-refractivity contribution in [2.45, 2.75) is 12.8 Å². The van der Waals surface area contributed by atoms with E-state index in [0.29, 0.717) is 36.9 Å². The lowest BCUT2D eigenvalue weighted by molar-refractivity contribution is -0.144. The van der Waals surface area contributed by atoms with Gasteiger partial charge in [-0.15, -0.1) is 0 Å². The van der Waals surface area contributed by atoms with Crippen LogP contribution in [0.1, 0.15) is 12.8 Å². The van der Waals surface area contributed by atoms with E-state index in [-0.39, 0.29) is 18.4 Å². The largest absolute Gasteiger partial charge is 0.492 e. The van der Waals surface area contributed by atoms with Crippen LogP contribution in [0.3, 0.4) is 0 Å². The van der Waals surface area contributed by atoms with Gasteiger partial charge in [-0.1, -0.05) is 11.6 Å². The summed E-state index contributed by atoms with van der Waals surface area (Å²) >= 11 is 5.78. The summed E-state index contributed by atoms with van der Waals surface area (Å²) in [4.78, 5) is 24.8. The Morgan fingerprint density at radius 3 is 2.78 bits per heavy atom. The number of carboxylic acids is 1. The highest BCUT2D eigenvalue weighted by Gasteiger charge is 2.26. The van der Waals surface area contributed by atoms with E-state index < -0.39 is 5.97 Å². The van der Waals surface area contributed by atoms with Crippen LogP contribution in [-0.4, -0.2) is 54.7 Å². The Morgan fingerprint density at radius 1 is 1.35 bits per heavy atom. The minimum Gasteiger partial charge on any atom is -0.492 e. The van der Waals surface area contributed by atoms with Gasteiger partial charge in [-0.2, -0.15) is 0 Å². The van der Waals surface area contributed by atoms with Crippen molar-refractivity contribution >= 4 is 23.5 Å². The van der Waals surface area contributed by atoms with Crippen LogP contribution in [0.15, 0.2) is 24.3 Å². The van der Waals surface area contributed by atoms with Crippen molar-refractivity contribution in [2.75, 3.05) is 32.8 Å². The molecule has 2 rings (SSSR count). The summed E-state index contributed by atoms with van der Waals surface area (Å²) in [5, 5.41) is 12.5. The zero-order valence-electron chi connectivity index (χ0n) is 12.8. The minimum atomic E-state index is -0.786. The average Bonchev–Trinajstić information content (AvgIpc) is 2.53. The molecular formula is C16H21ClN2O4. The average molecular weight is 341 g/mol. The molecule has 6 nitrogen and oxygen atoms in total. The van der Waals surface area contributed by atoms with Gasteiger partial charge in [-0.05, 0) is 43.7 Å². The molecule has 1 amide bonds. The standard InChI is InChI=1S/C16H21ClN2O4/c17-13-3-5-14(6-4-13)23-9-7-18-15(20)11-19-8-1-2-12(10-19)16(21)22/h3-6,12H,1-2,7-11H2,(H,18,20)(H,21,22). The van der Waals surface area contributed by atoms with Crippen LogP contribution in [-0.2, 0) is 9.59 Å². The van der Waals surface area contributed by atoms with Crippen LogP contribution in [0.4, 0.5) is 0 Å². The van der Waals surface area contributed by atoms with Crippen molar-refractivity contribution in [3.8, 4) is 5.75 Å². The fourth-order valence-corrected chi connectivity index (χ4v) is 2.68. The molecule has 0 spiro atoms. The second-order valence-electron chi connectivity index (χ2n) is 5.56. The zero-order chi connectivity index (χ0) is 16.7. The number of likely N-dealkylation sites (tertiary alicyclic amines) is 1. The lowest BCUT2D eigenvalue weighted by atomic mass is 9.98. The Balaban J connectivity index is 1.63. The van der Waals surface area contributed by atoms with E-state index in [1.807, 2.05) is 4.90 Å². The number of amides is 1. The monoisotopic (exact) mass is 340 g/mol. The summed E-state index contributed by atoms with van der Waals surface area (Å²) in [5.41, 5.74) is 0. The Morgan fingerprint density at radius 2 is 2.09 bits per heavy atom. The maximum Gasteiger partial charge on any atom is 0.307 e. The van der Waals surface area contributed by atoms with Crippen LogP contribution < -0.4 is 10.1 Å². The molecule has 1 fully saturated rings. The normalized spacial score (nSPS) is 18.4. The number of rotatable bonds is 7. The molecule has 23 heavy (non-hydrogen) atoms. The molecule has 1 aromatic carbocycles. The lowest BCUT2D eigenvalue weighted by Gasteiger charge is -2.29. The van der Waals surface area contributed by atoms with Crippen LogP contribution in [0.25, 0.3) is 0 Å². The number of aliphatic carboxylic acids is 1. The first kappa shape index (κ1) is 17.6. The number of nitrogens with zero attached hydrogens (tertiary/aromatic N) is 1. The lowest BCUT2D eigenvalue weighted by Crippen LogP contribution is -2.44. The molecule has 0 bridgehead atoms. The first-order valence-electron chi connectivity index (χ1n) is 7.65.